The molecule has 0 aromatic heterocycles. The molecular formula is C15H30N2O. The zero-order valence-electron chi connectivity index (χ0n) is 11.9. The lowest BCUT2D eigenvalue weighted by Crippen LogP contribution is -2.50. The molecule has 2 aliphatic rings. The lowest BCUT2D eigenvalue weighted by Gasteiger charge is -2.37. The Labute approximate surface area is 112 Å². The lowest BCUT2D eigenvalue weighted by atomic mass is 9.90. The molecule has 1 saturated carbocycles. The second-order valence-corrected chi connectivity index (χ2v) is 6.24. The first kappa shape index (κ1) is 14.3. The Hall–Kier alpha value is -0.120. The Bertz CT molecular complexity index is 225. The molecule has 0 spiro atoms. The van der Waals surface area contributed by atoms with Crippen molar-refractivity contribution in [2.75, 3.05) is 26.2 Å². The molecule has 1 saturated heterocycles. The average Bonchev–Trinajstić information content (AvgIpc) is 2.33. The highest BCUT2D eigenvalue weighted by molar-refractivity contribution is 4.79. The van der Waals surface area contributed by atoms with Crippen molar-refractivity contribution in [2.45, 2.75) is 64.0 Å². The summed E-state index contributed by atoms with van der Waals surface area (Å²) in [5.74, 6) is 0.914. The molecule has 0 radical (unpaired) electrons. The Morgan fingerprint density at radius 3 is 2.50 bits per heavy atom. The Morgan fingerprint density at radius 2 is 1.83 bits per heavy atom. The summed E-state index contributed by atoms with van der Waals surface area (Å²) in [5.41, 5.74) is 5.96. The third-order valence-electron chi connectivity index (χ3n) is 4.51. The Morgan fingerprint density at radius 1 is 1.17 bits per heavy atom. The highest BCUT2D eigenvalue weighted by Crippen LogP contribution is 2.23. The molecule has 3 heteroatoms. The minimum atomic E-state index is 0.158. The van der Waals surface area contributed by atoms with Crippen molar-refractivity contribution in [1.82, 2.24) is 4.90 Å². The van der Waals surface area contributed by atoms with Crippen LogP contribution in [0.4, 0.5) is 0 Å². The van der Waals surface area contributed by atoms with Crippen LogP contribution in [-0.4, -0.2) is 43.3 Å². The lowest BCUT2D eigenvalue weighted by molar-refractivity contribution is -0.0426. The van der Waals surface area contributed by atoms with E-state index in [0.29, 0.717) is 0 Å². The van der Waals surface area contributed by atoms with E-state index < -0.39 is 0 Å². The summed E-state index contributed by atoms with van der Waals surface area (Å²) in [6.45, 7) is 6.32. The molecular weight excluding hydrogens is 224 g/mol. The minimum Gasteiger partial charge on any atom is -0.374 e. The van der Waals surface area contributed by atoms with Gasteiger partial charge in [0.2, 0.25) is 0 Å². The van der Waals surface area contributed by atoms with Gasteiger partial charge < -0.3 is 10.5 Å². The van der Waals surface area contributed by atoms with Crippen LogP contribution in [0.2, 0.25) is 0 Å². The molecule has 1 aliphatic heterocycles. The van der Waals surface area contributed by atoms with Gasteiger partial charge in [0.15, 0.2) is 0 Å². The highest BCUT2D eigenvalue weighted by Gasteiger charge is 2.25. The van der Waals surface area contributed by atoms with Crippen molar-refractivity contribution >= 4 is 0 Å². The van der Waals surface area contributed by atoms with Crippen LogP contribution >= 0.6 is 0 Å². The van der Waals surface area contributed by atoms with Gasteiger partial charge in [-0.1, -0.05) is 32.1 Å². The van der Waals surface area contributed by atoms with E-state index in [-0.39, 0.29) is 12.1 Å². The molecule has 18 heavy (non-hydrogen) atoms. The van der Waals surface area contributed by atoms with Crippen LogP contribution in [0.1, 0.15) is 51.9 Å². The summed E-state index contributed by atoms with van der Waals surface area (Å²) in [7, 11) is 0. The predicted molar refractivity (Wildman–Crippen MR) is 75.6 cm³/mol. The monoisotopic (exact) mass is 254 g/mol. The minimum absolute atomic E-state index is 0.158. The van der Waals surface area contributed by atoms with Crippen LogP contribution in [0.15, 0.2) is 0 Å². The maximum atomic E-state index is 5.96. The fraction of sp³-hybridized carbons (Fsp3) is 1.00. The predicted octanol–water partition coefficient (Wildman–Crippen LogP) is 2.39. The molecule has 3 nitrogen and oxygen atoms in total. The number of ether oxygens (including phenoxy) is 1. The van der Waals surface area contributed by atoms with Gasteiger partial charge in [-0.15, -0.1) is 0 Å². The number of hydrogen-bond donors (Lipinski definition) is 1. The van der Waals surface area contributed by atoms with Crippen molar-refractivity contribution in [3.8, 4) is 0 Å². The third-order valence-corrected chi connectivity index (χ3v) is 4.51. The number of nitrogens with two attached hydrogens (primary N) is 1. The van der Waals surface area contributed by atoms with Gasteiger partial charge in [-0.3, -0.25) is 4.90 Å². The van der Waals surface area contributed by atoms with Crippen molar-refractivity contribution < 1.29 is 4.74 Å². The number of nitrogens with zero attached hydrogens (tertiary/aromatic N) is 1. The van der Waals surface area contributed by atoms with Gasteiger partial charge in [-0.2, -0.15) is 0 Å². The van der Waals surface area contributed by atoms with E-state index in [0.717, 1.165) is 25.6 Å². The van der Waals surface area contributed by atoms with Gasteiger partial charge in [-0.05, 0) is 25.7 Å². The summed E-state index contributed by atoms with van der Waals surface area (Å²) in [6.07, 6.45) is 10.3. The molecule has 2 unspecified atom stereocenters. The van der Waals surface area contributed by atoms with Gasteiger partial charge in [0.1, 0.15) is 0 Å². The molecule has 1 heterocycles. The smallest absolute Gasteiger partial charge is 0.0850 e. The first-order valence-corrected chi connectivity index (χ1v) is 7.85. The van der Waals surface area contributed by atoms with Gasteiger partial charge in [0, 0.05) is 25.7 Å². The SMILES string of the molecule is CC(N)C1CN(CC2CCCCCCC2)CCO1. The number of hydrogen-bond acceptors (Lipinski definition) is 3. The molecule has 1 aliphatic carbocycles. The molecule has 2 N–H and O–H groups in total. The van der Waals surface area contributed by atoms with E-state index in [1.807, 2.05) is 0 Å². The van der Waals surface area contributed by atoms with E-state index in [1.54, 1.807) is 0 Å². The molecule has 106 valence electrons. The highest BCUT2D eigenvalue weighted by atomic mass is 16.5. The van der Waals surface area contributed by atoms with Crippen LogP contribution in [0.5, 0.6) is 0 Å². The maximum Gasteiger partial charge on any atom is 0.0850 e. The normalized spacial score (nSPS) is 30.7. The zero-order valence-corrected chi connectivity index (χ0v) is 11.9. The first-order chi connectivity index (χ1) is 8.75. The second-order valence-electron chi connectivity index (χ2n) is 6.24. The largest absolute Gasteiger partial charge is 0.374 e. The molecule has 0 bridgehead atoms. The number of rotatable bonds is 3. The van der Waals surface area contributed by atoms with E-state index in [9.17, 15) is 0 Å². The van der Waals surface area contributed by atoms with Crippen molar-refractivity contribution in [3.05, 3.63) is 0 Å². The molecule has 2 fully saturated rings. The molecule has 2 atom stereocenters. The molecule has 0 aromatic rings. The van der Waals surface area contributed by atoms with E-state index in [1.165, 1.54) is 51.5 Å². The Kier molecular flexibility index (Phi) is 5.93. The summed E-state index contributed by atoms with van der Waals surface area (Å²) in [5, 5.41) is 0. The standard InChI is InChI=1S/C15H30N2O/c1-13(16)15-12-17(9-10-18-15)11-14-7-5-3-2-4-6-8-14/h13-15H,2-12,16H2,1H3. The molecule has 2 rings (SSSR count). The topological polar surface area (TPSA) is 38.5 Å². The fourth-order valence-electron chi connectivity index (χ4n) is 3.30. The van der Waals surface area contributed by atoms with Crippen LogP contribution in [0, 0.1) is 5.92 Å². The van der Waals surface area contributed by atoms with E-state index in [2.05, 4.69) is 11.8 Å². The number of morpholine rings is 1. The van der Waals surface area contributed by atoms with Crippen molar-refractivity contribution in [3.63, 3.8) is 0 Å². The van der Waals surface area contributed by atoms with Crippen LogP contribution in [0.3, 0.4) is 0 Å². The first-order valence-electron chi connectivity index (χ1n) is 7.85. The van der Waals surface area contributed by atoms with E-state index >= 15 is 0 Å². The van der Waals surface area contributed by atoms with Gasteiger partial charge >= 0.3 is 0 Å². The summed E-state index contributed by atoms with van der Waals surface area (Å²) < 4.78 is 5.74. The zero-order chi connectivity index (χ0) is 12.8. The average molecular weight is 254 g/mol. The van der Waals surface area contributed by atoms with Crippen molar-refractivity contribution in [2.24, 2.45) is 11.7 Å². The quantitative estimate of drug-likeness (QED) is 0.840. The summed E-state index contributed by atoms with van der Waals surface area (Å²) in [6, 6.07) is 0.158. The summed E-state index contributed by atoms with van der Waals surface area (Å²) >= 11 is 0. The van der Waals surface area contributed by atoms with Gasteiger partial charge in [-0.25, -0.2) is 0 Å². The summed E-state index contributed by atoms with van der Waals surface area (Å²) in [4.78, 5) is 2.59. The van der Waals surface area contributed by atoms with Crippen molar-refractivity contribution in [1.29, 1.82) is 0 Å². The molecule has 0 amide bonds. The van der Waals surface area contributed by atoms with Crippen LogP contribution in [0.25, 0.3) is 0 Å². The maximum absolute atomic E-state index is 5.96. The third kappa shape index (κ3) is 4.52. The molecule has 0 aromatic carbocycles. The van der Waals surface area contributed by atoms with E-state index in [4.69, 9.17) is 10.5 Å². The van der Waals surface area contributed by atoms with Crippen LogP contribution < -0.4 is 5.73 Å². The van der Waals surface area contributed by atoms with Crippen LogP contribution in [-0.2, 0) is 4.74 Å². The van der Waals surface area contributed by atoms with Gasteiger partial charge in [0.25, 0.3) is 0 Å². The Balaban J connectivity index is 1.76. The fourth-order valence-corrected chi connectivity index (χ4v) is 3.30. The van der Waals surface area contributed by atoms with Gasteiger partial charge in [0.05, 0.1) is 12.7 Å². The second kappa shape index (κ2) is 7.46.